The van der Waals surface area contributed by atoms with Crippen LogP contribution in [-0.2, 0) is 0 Å². The van der Waals surface area contributed by atoms with Crippen LogP contribution in [0.25, 0.3) is 16.8 Å². The van der Waals surface area contributed by atoms with E-state index in [4.69, 9.17) is 10.7 Å². The summed E-state index contributed by atoms with van der Waals surface area (Å²) in [5.74, 6) is 0. The summed E-state index contributed by atoms with van der Waals surface area (Å²) >= 11 is 0. The Balaban J connectivity index is 1.54. The molecule has 32 heavy (non-hydrogen) atoms. The van der Waals surface area contributed by atoms with Crippen LogP contribution in [0.15, 0.2) is 120 Å². The predicted molar refractivity (Wildman–Crippen MR) is 134 cm³/mol. The third-order valence-electron chi connectivity index (χ3n) is 5.87. The van der Waals surface area contributed by atoms with Crippen LogP contribution in [0.4, 0.5) is 5.69 Å². The number of nitrogens with zero attached hydrogens (tertiary/aromatic N) is 2. The maximum absolute atomic E-state index is 5.84. The van der Waals surface area contributed by atoms with Crippen molar-refractivity contribution in [3.63, 3.8) is 0 Å². The summed E-state index contributed by atoms with van der Waals surface area (Å²) in [4.78, 5) is 7.39. The van der Waals surface area contributed by atoms with E-state index in [1.165, 1.54) is 11.1 Å². The molecule has 5 rings (SSSR count). The van der Waals surface area contributed by atoms with Gasteiger partial charge in [0.05, 0.1) is 5.71 Å². The molecule has 1 unspecified atom stereocenters. The van der Waals surface area contributed by atoms with Gasteiger partial charge in [0.15, 0.2) is 0 Å². The monoisotopic (exact) mass is 415 g/mol. The molecule has 1 heterocycles. The Morgan fingerprint density at radius 1 is 0.625 bits per heavy atom. The highest BCUT2D eigenvalue weighted by Crippen LogP contribution is 2.35. The first-order chi connectivity index (χ1) is 15.7. The number of allylic oxidation sites excluding steroid dienone is 1. The molecule has 0 radical (unpaired) electrons. The number of nitrogen functional groups attached to an aromatic ring is 1. The molecule has 0 saturated carbocycles. The van der Waals surface area contributed by atoms with Crippen LogP contribution in [0.3, 0.4) is 0 Å². The van der Waals surface area contributed by atoms with Gasteiger partial charge in [0.25, 0.3) is 0 Å². The zero-order valence-electron chi connectivity index (χ0n) is 18.0. The van der Waals surface area contributed by atoms with E-state index in [2.05, 4.69) is 103 Å². The van der Waals surface area contributed by atoms with Gasteiger partial charge in [0.1, 0.15) is 6.17 Å². The van der Waals surface area contributed by atoms with Crippen LogP contribution in [-0.4, -0.2) is 17.7 Å². The largest absolute Gasteiger partial charge is 0.399 e. The molecule has 0 aromatic heterocycles. The lowest BCUT2D eigenvalue weighted by Crippen LogP contribution is -2.27. The zero-order chi connectivity index (χ0) is 21.9. The lowest BCUT2D eigenvalue weighted by Gasteiger charge is -2.34. The van der Waals surface area contributed by atoms with Gasteiger partial charge in [-0.1, -0.05) is 97.1 Å². The molecule has 2 N–H and O–H groups in total. The summed E-state index contributed by atoms with van der Waals surface area (Å²) in [6.07, 6.45) is 2.08. The lowest BCUT2D eigenvalue weighted by atomic mass is 9.99. The van der Waals surface area contributed by atoms with Crippen LogP contribution < -0.4 is 5.73 Å². The van der Waals surface area contributed by atoms with Crippen LogP contribution in [0.1, 0.15) is 22.9 Å². The molecule has 3 nitrogen and oxygen atoms in total. The summed E-state index contributed by atoms with van der Waals surface area (Å²) in [5.41, 5.74) is 14.5. The molecule has 156 valence electrons. The Hall–Kier alpha value is -4.11. The van der Waals surface area contributed by atoms with Crippen molar-refractivity contribution in [2.24, 2.45) is 4.99 Å². The van der Waals surface area contributed by atoms with Crippen LogP contribution in [0.2, 0.25) is 0 Å². The summed E-state index contributed by atoms with van der Waals surface area (Å²) in [6, 6.07) is 37.5. The molecule has 1 aliphatic rings. The maximum atomic E-state index is 5.84. The van der Waals surface area contributed by atoms with E-state index in [0.717, 1.165) is 33.8 Å². The molecule has 0 aliphatic carbocycles. The van der Waals surface area contributed by atoms with Gasteiger partial charge in [-0.05, 0) is 46.0 Å². The molecule has 4 aromatic rings. The van der Waals surface area contributed by atoms with Crippen molar-refractivity contribution >= 4 is 17.1 Å². The fourth-order valence-electron chi connectivity index (χ4n) is 4.10. The molecule has 0 amide bonds. The Morgan fingerprint density at radius 2 is 1.16 bits per heavy atom. The molecule has 3 heteroatoms. The molecule has 0 bridgehead atoms. The maximum Gasteiger partial charge on any atom is 0.147 e. The van der Waals surface area contributed by atoms with Crippen molar-refractivity contribution in [2.75, 3.05) is 12.8 Å². The summed E-state index contributed by atoms with van der Waals surface area (Å²) in [7, 11) is 2.11. The van der Waals surface area contributed by atoms with Crippen LogP contribution in [0, 0.1) is 0 Å². The highest BCUT2D eigenvalue weighted by Gasteiger charge is 2.25. The first-order valence-electron chi connectivity index (χ1n) is 10.8. The lowest BCUT2D eigenvalue weighted by molar-refractivity contribution is 0.364. The average Bonchev–Trinajstić information content (AvgIpc) is 2.86. The molecule has 0 fully saturated rings. The SMILES string of the molecule is CN1C(c2ccccc2)=CC(c2ccccc2)=NC1c1ccc(-c2ccc(N)cc2)cc1. The molecule has 0 saturated heterocycles. The van der Waals surface area contributed by atoms with Gasteiger partial charge in [-0.2, -0.15) is 0 Å². The fourth-order valence-corrected chi connectivity index (χ4v) is 4.10. The van der Waals surface area contributed by atoms with E-state index >= 15 is 0 Å². The van der Waals surface area contributed by atoms with E-state index in [0.29, 0.717) is 0 Å². The molecule has 1 atom stereocenters. The normalized spacial score (nSPS) is 15.8. The van der Waals surface area contributed by atoms with Gasteiger partial charge < -0.3 is 10.6 Å². The summed E-state index contributed by atoms with van der Waals surface area (Å²) in [6.45, 7) is 0. The van der Waals surface area contributed by atoms with Crippen molar-refractivity contribution in [3.8, 4) is 11.1 Å². The number of anilines is 1. The van der Waals surface area contributed by atoms with Crippen molar-refractivity contribution in [1.82, 2.24) is 4.90 Å². The zero-order valence-corrected chi connectivity index (χ0v) is 18.0. The second-order valence-electron chi connectivity index (χ2n) is 8.00. The third-order valence-corrected chi connectivity index (χ3v) is 5.87. The fraction of sp³-hybridized carbons (Fsp3) is 0.0690. The standard InChI is InChI=1S/C29H25N3/c1-32-28(24-10-6-3-7-11-24)20-27(23-8-4-2-5-9-23)31-29(32)25-14-12-21(13-15-25)22-16-18-26(30)19-17-22/h2-20,29H,30H2,1H3. The Labute approximate surface area is 189 Å². The third kappa shape index (κ3) is 3.93. The Kier molecular flexibility index (Phi) is 5.30. The second-order valence-corrected chi connectivity index (χ2v) is 8.00. The second kappa shape index (κ2) is 8.56. The van der Waals surface area contributed by atoms with E-state index < -0.39 is 0 Å². The Bertz CT molecular complexity index is 1260. The highest BCUT2D eigenvalue weighted by molar-refractivity contribution is 6.13. The quantitative estimate of drug-likeness (QED) is 0.391. The van der Waals surface area contributed by atoms with Crippen molar-refractivity contribution in [2.45, 2.75) is 6.17 Å². The van der Waals surface area contributed by atoms with E-state index in [1.54, 1.807) is 0 Å². The topological polar surface area (TPSA) is 41.6 Å². The van der Waals surface area contributed by atoms with Crippen LogP contribution >= 0.6 is 0 Å². The van der Waals surface area contributed by atoms with E-state index in [-0.39, 0.29) is 6.17 Å². The average molecular weight is 416 g/mol. The van der Waals surface area contributed by atoms with Crippen molar-refractivity contribution in [1.29, 1.82) is 0 Å². The van der Waals surface area contributed by atoms with Crippen LogP contribution in [0.5, 0.6) is 0 Å². The molecular weight excluding hydrogens is 390 g/mol. The highest BCUT2D eigenvalue weighted by atomic mass is 15.2. The Morgan fingerprint density at radius 3 is 1.75 bits per heavy atom. The van der Waals surface area contributed by atoms with E-state index in [1.807, 2.05) is 24.3 Å². The first kappa shape index (κ1) is 19.8. The van der Waals surface area contributed by atoms with Gasteiger partial charge in [-0.15, -0.1) is 0 Å². The number of aliphatic imine (C=N–C) groups is 1. The first-order valence-corrected chi connectivity index (χ1v) is 10.8. The van der Waals surface area contributed by atoms with Gasteiger partial charge in [-0.3, -0.25) is 4.99 Å². The minimum atomic E-state index is -0.106. The number of hydrogen-bond donors (Lipinski definition) is 1. The van der Waals surface area contributed by atoms with Gasteiger partial charge in [0, 0.05) is 18.4 Å². The van der Waals surface area contributed by atoms with E-state index in [9.17, 15) is 0 Å². The summed E-state index contributed by atoms with van der Waals surface area (Å²) in [5, 5.41) is 0. The van der Waals surface area contributed by atoms with Crippen molar-refractivity contribution in [3.05, 3.63) is 132 Å². The van der Waals surface area contributed by atoms with Gasteiger partial charge in [0.2, 0.25) is 0 Å². The number of benzene rings is 4. The van der Waals surface area contributed by atoms with Crippen molar-refractivity contribution < 1.29 is 0 Å². The number of hydrogen-bond acceptors (Lipinski definition) is 3. The smallest absolute Gasteiger partial charge is 0.147 e. The predicted octanol–water partition coefficient (Wildman–Crippen LogP) is 6.41. The molecule has 0 spiro atoms. The minimum Gasteiger partial charge on any atom is -0.399 e. The molecule has 4 aromatic carbocycles. The molecular formula is C29H25N3. The summed E-state index contributed by atoms with van der Waals surface area (Å²) < 4.78 is 0. The van der Waals surface area contributed by atoms with Gasteiger partial charge >= 0.3 is 0 Å². The van der Waals surface area contributed by atoms with Gasteiger partial charge in [-0.25, -0.2) is 0 Å². The molecule has 1 aliphatic heterocycles. The minimum absolute atomic E-state index is 0.106. The number of rotatable bonds is 4. The number of nitrogens with two attached hydrogens (primary N) is 1.